The second-order valence-corrected chi connectivity index (χ2v) is 7.72. The van der Waals surface area contributed by atoms with Crippen LogP contribution in [0.2, 0.25) is 0 Å². The molecule has 6 heteroatoms. The predicted molar refractivity (Wildman–Crippen MR) is 81.3 cm³/mol. The summed E-state index contributed by atoms with van der Waals surface area (Å²) in [5.41, 5.74) is 0.240. The van der Waals surface area contributed by atoms with Gasteiger partial charge in [-0.2, -0.15) is 8.78 Å². The van der Waals surface area contributed by atoms with Crippen LogP contribution in [0.3, 0.4) is 0 Å². The zero-order chi connectivity index (χ0) is 16.2. The Bertz CT molecular complexity index is 549. The van der Waals surface area contributed by atoms with Gasteiger partial charge in [-0.25, -0.2) is 8.42 Å². The van der Waals surface area contributed by atoms with Crippen LogP contribution in [0.25, 0.3) is 0 Å². The lowest BCUT2D eigenvalue weighted by atomic mass is 9.85. The van der Waals surface area contributed by atoms with Gasteiger partial charge in [-0.1, -0.05) is 39.8 Å². The van der Waals surface area contributed by atoms with E-state index in [1.807, 2.05) is 0 Å². The summed E-state index contributed by atoms with van der Waals surface area (Å²) in [4.78, 5) is -0.341. The van der Waals surface area contributed by atoms with E-state index in [9.17, 15) is 17.2 Å². The quantitative estimate of drug-likeness (QED) is 0.825. The molecular formula is C15H23F2NO2S. The molecule has 0 fully saturated rings. The molecule has 0 aromatic heterocycles. The minimum absolute atomic E-state index is 0.240. The van der Waals surface area contributed by atoms with Crippen molar-refractivity contribution < 1.29 is 17.2 Å². The highest BCUT2D eigenvalue weighted by atomic mass is 32.2. The number of nitrogens with one attached hydrogen (secondary N) is 1. The molecule has 0 aliphatic heterocycles. The first kappa shape index (κ1) is 17.9. The van der Waals surface area contributed by atoms with Crippen molar-refractivity contribution in [3.63, 3.8) is 0 Å². The first-order valence-corrected chi connectivity index (χ1v) is 8.57. The fourth-order valence-electron chi connectivity index (χ4n) is 2.43. The van der Waals surface area contributed by atoms with Gasteiger partial charge in [-0.15, -0.1) is 0 Å². The van der Waals surface area contributed by atoms with Crippen molar-refractivity contribution in [1.82, 2.24) is 0 Å². The van der Waals surface area contributed by atoms with Gasteiger partial charge in [0.05, 0.1) is 10.6 Å². The van der Waals surface area contributed by atoms with Crippen molar-refractivity contribution in [2.75, 3.05) is 11.9 Å². The van der Waals surface area contributed by atoms with Gasteiger partial charge >= 0.3 is 5.76 Å². The van der Waals surface area contributed by atoms with Crippen molar-refractivity contribution in [3.05, 3.63) is 24.3 Å². The van der Waals surface area contributed by atoms with Crippen LogP contribution in [0, 0.1) is 17.8 Å². The summed E-state index contributed by atoms with van der Waals surface area (Å²) >= 11 is 0. The summed E-state index contributed by atoms with van der Waals surface area (Å²) < 4.78 is 48.8. The zero-order valence-corrected chi connectivity index (χ0v) is 13.6. The third kappa shape index (κ3) is 4.40. The Balaban J connectivity index is 3.01. The van der Waals surface area contributed by atoms with Gasteiger partial charge < -0.3 is 5.32 Å². The Morgan fingerprint density at radius 3 is 2.05 bits per heavy atom. The highest BCUT2D eigenvalue weighted by Crippen LogP contribution is 2.27. The fourth-order valence-corrected chi connectivity index (χ4v) is 3.33. The van der Waals surface area contributed by atoms with Crippen molar-refractivity contribution in [1.29, 1.82) is 0 Å². The fraction of sp³-hybridized carbons (Fsp3) is 0.600. The van der Waals surface area contributed by atoms with Crippen molar-refractivity contribution in [3.8, 4) is 0 Å². The Morgan fingerprint density at radius 1 is 1.05 bits per heavy atom. The predicted octanol–water partition coefficient (Wildman–Crippen LogP) is 4.02. The van der Waals surface area contributed by atoms with Gasteiger partial charge in [0.1, 0.15) is 0 Å². The minimum Gasteiger partial charge on any atom is -0.384 e. The first-order chi connectivity index (χ1) is 9.67. The van der Waals surface area contributed by atoms with Crippen LogP contribution in [0.5, 0.6) is 0 Å². The molecule has 120 valence electrons. The summed E-state index contributed by atoms with van der Waals surface area (Å²) in [5, 5.41) is 3.02. The Morgan fingerprint density at radius 2 is 1.57 bits per heavy atom. The summed E-state index contributed by atoms with van der Waals surface area (Å²) in [6.45, 7) is 8.91. The zero-order valence-electron chi connectivity index (χ0n) is 12.8. The summed E-state index contributed by atoms with van der Waals surface area (Å²) in [5.74, 6) is -2.26. The highest BCUT2D eigenvalue weighted by molar-refractivity contribution is 7.91. The van der Waals surface area contributed by atoms with Gasteiger partial charge in [0.25, 0.3) is 0 Å². The molecule has 1 aromatic rings. The van der Waals surface area contributed by atoms with E-state index < -0.39 is 15.6 Å². The summed E-state index contributed by atoms with van der Waals surface area (Å²) in [7, 11) is -4.59. The van der Waals surface area contributed by atoms with E-state index >= 15 is 0 Å². The van der Waals surface area contributed by atoms with E-state index in [1.54, 1.807) is 6.07 Å². The first-order valence-electron chi connectivity index (χ1n) is 7.02. The van der Waals surface area contributed by atoms with Crippen LogP contribution < -0.4 is 5.32 Å². The highest BCUT2D eigenvalue weighted by Gasteiger charge is 2.29. The van der Waals surface area contributed by atoms with Crippen LogP contribution in [-0.4, -0.2) is 20.7 Å². The minimum atomic E-state index is -4.59. The van der Waals surface area contributed by atoms with Gasteiger partial charge in [0.15, 0.2) is 0 Å². The number of alkyl halides is 2. The second kappa shape index (κ2) is 7.20. The number of benzene rings is 1. The number of hydrogen-bond acceptors (Lipinski definition) is 3. The molecule has 0 aliphatic carbocycles. The number of anilines is 1. The van der Waals surface area contributed by atoms with Gasteiger partial charge in [0, 0.05) is 6.54 Å². The van der Waals surface area contributed by atoms with E-state index in [1.165, 1.54) is 18.2 Å². The normalized spacial score (nSPS) is 12.7. The van der Waals surface area contributed by atoms with E-state index in [2.05, 4.69) is 33.0 Å². The molecule has 1 N–H and O–H groups in total. The molecule has 0 aliphatic rings. The number of para-hydroxylation sites is 1. The third-order valence-corrected chi connectivity index (χ3v) is 5.11. The number of hydrogen-bond donors (Lipinski definition) is 1. The van der Waals surface area contributed by atoms with Crippen LogP contribution in [-0.2, 0) is 9.84 Å². The summed E-state index contributed by atoms with van der Waals surface area (Å²) in [6, 6.07) is 5.81. The van der Waals surface area contributed by atoms with Crippen molar-refractivity contribution in [2.24, 2.45) is 17.8 Å². The standard InChI is InChI=1S/C15H23F2NO2S/c1-10(2)12(11(3)4)9-18-13-7-5-6-8-14(13)21(19,20)15(16)17/h5-8,10-12,15,18H,9H2,1-4H3. The molecule has 0 radical (unpaired) electrons. The second-order valence-electron chi connectivity index (χ2n) is 5.83. The molecule has 3 nitrogen and oxygen atoms in total. The molecule has 1 rings (SSSR count). The maximum Gasteiger partial charge on any atom is 0.341 e. The molecule has 21 heavy (non-hydrogen) atoms. The largest absolute Gasteiger partial charge is 0.384 e. The monoisotopic (exact) mass is 319 g/mol. The molecule has 0 atom stereocenters. The molecule has 0 bridgehead atoms. The molecule has 0 heterocycles. The lowest BCUT2D eigenvalue weighted by molar-refractivity contribution is 0.235. The summed E-state index contributed by atoms with van der Waals surface area (Å²) in [6.07, 6.45) is 0. The average Bonchev–Trinajstić information content (AvgIpc) is 2.38. The average molecular weight is 319 g/mol. The van der Waals surface area contributed by atoms with Crippen LogP contribution in [0.4, 0.5) is 14.5 Å². The Kier molecular flexibility index (Phi) is 6.13. The molecule has 1 aromatic carbocycles. The maximum atomic E-state index is 12.7. The lowest BCUT2D eigenvalue weighted by Gasteiger charge is -2.26. The van der Waals surface area contributed by atoms with Crippen LogP contribution in [0.1, 0.15) is 27.7 Å². The topological polar surface area (TPSA) is 46.2 Å². The maximum absolute atomic E-state index is 12.7. The molecule has 0 spiro atoms. The number of sulfone groups is 1. The van der Waals surface area contributed by atoms with E-state index in [0.717, 1.165) is 0 Å². The van der Waals surface area contributed by atoms with E-state index in [0.29, 0.717) is 24.3 Å². The lowest BCUT2D eigenvalue weighted by Crippen LogP contribution is -2.25. The van der Waals surface area contributed by atoms with Gasteiger partial charge in [-0.05, 0) is 29.9 Å². The van der Waals surface area contributed by atoms with E-state index in [-0.39, 0.29) is 10.6 Å². The molecule has 0 saturated carbocycles. The van der Waals surface area contributed by atoms with Crippen LogP contribution in [0.15, 0.2) is 29.2 Å². The Hall–Kier alpha value is -1.17. The SMILES string of the molecule is CC(C)C(CNc1ccccc1S(=O)(=O)C(F)F)C(C)C. The molecule has 0 saturated heterocycles. The number of halogens is 2. The van der Waals surface area contributed by atoms with E-state index in [4.69, 9.17) is 0 Å². The van der Waals surface area contributed by atoms with Gasteiger partial charge in [-0.3, -0.25) is 0 Å². The number of rotatable bonds is 7. The van der Waals surface area contributed by atoms with Crippen molar-refractivity contribution in [2.45, 2.75) is 38.3 Å². The molecular weight excluding hydrogens is 296 g/mol. The molecule has 0 amide bonds. The van der Waals surface area contributed by atoms with Crippen molar-refractivity contribution >= 4 is 15.5 Å². The smallest absolute Gasteiger partial charge is 0.341 e. The Labute approximate surface area is 125 Å². The van der Waals surface area contributed by atoms with Gasteiger partial charge in [0.2, 0.25) is 9.84 Å². The third-order valence-electron chi connectivity index (χ3n) is 3.67. The van der Waals surface area contributed by atoms with Crippen LogP contribution >= 0.6 is 0 Å². The molecule has 0 unspecified atom stereocenters.